The quantitative estimate of drug-likeness (QED) is 0.780. The van der Waals surface area contributed by atoms with E-state index in [9.17, 15) is 0 Å². The predicted octanol–water partition coefficient (Wildman–Crippen LogP) is 5.43. The molecule has 94 valence electrons. The lowest BCUT2D eigenvalue weighted by atomic mass is 10.1. The van der Waals surface area contributed by atoms with Gasteiger partial charge in [-0.2, -0.15) is 0 Å². The van der Waals surface area contributed by atoms with Crippen molar-refractivity contribution < 1.29 is 0 Å². The van der Waals surface area contributed by atoms with Crippen LogP contribution in [0.1, 0.15) is 22.3 Å². The number of anilines is 2. The molecule has 0 aliphatic rings. The maximum Gasteiger partial charge on any atom is 0.0444 e. The Morgan fingerprint density at radius 3 is 1.72 bits per heavy atom. The average Bonchev–Trinajstić information content (AvgIpc) is 2.26. The van der Waals surface area contributed by atoms with Gasteiger partial charge in [0.2, 0.25) is 0 Å². The Hall–Kier alpha value is -1.28. The second kappa shape index (κ2) is 5.15. The third-order valence-corrected chi connectivity index (χ3v) is 3.69. The summed E-state index contributed by atoms with van der Waals surface area (Å²) in [5, 5.41) is 3.58. The highest BCUT2D eigenvalue weighted by Crippen LogP contribution is 2.30. The lowest BCUT2D eigenvalue weighted by Gasteiger charge is -2.17. The molecule has 0 heterocycles. The third kappa shape index (κ3) is 2.59. The number of benzene rings is 2. The van der Waals surface area contributed by atoms with E-state index in [1.165, 1.54) is 33.6 Å². The van der Waals surface area contributed by atoms with Crippen molar-refractivity contribution in [2.24, 2.45) is 0 Å². The third-order valence-electron chi connectivity index (χ3n) is 3.23. The summed E-state index contributed by atoms with van der Waals surface area (Å²) in [6.07, 6.45) is 0. The van der Waals surface area contributed by atoms with Gasteiger partial charge in [0.15, 0.2) is 0 Å². The topological polar surface area (TPSA) is 12.0 Å². The van der Waals surface area contributed by atoms with Crippen LogP contribution in [0.2, 0.25) is 0 Å². The van der Waals surface area contributed by atoms with Gasteiger partial charge >= 0.3 is 0 Å². The SMILES string of the molecule is Cc1cccc(C)c1Nc1c(C)cc(Br)cc1C. The molecule has 0 amide bonds. The molecule has 0 unspecified atom stereocenters. The summed E-state index contributed by atoms with van der Waals surface area (Å²) in [6, 6.07) is 10.7. The highest BCUT2D eigenvalue weighted by Gasteiger charge is 2.07. The minimum Gasteiger partial charge on any atom is -0.355 e. The second-order valence-electron chi connectivity index (χ2n) is 4.81. The van der Waals surface area contributed by atoms with Gasteiger partial charge in [0, 0.05) is 15.8 Å². The van der Waals surface area contributed by atoms with E-state index < -0.39 is 0 Å². The smallest absolute Gasteiger partial charge is 0.0444 e. The van der Waals surface area contributed by atoms with Gasteiger partial charge in [-0.3, -0.25) is 0 Å². The van der Waals surface area contributed by atoms with E-state index in [1.807, 2.05) is 0 Å². The Balaban J connectivity index is 2.47. The van der Waals surface area contributed by atoms with E-state index in [2.05, 4.69) is 79.3 Å². The Labute approximate surface area is 117 Å². The van der Waals surface area contributed by atoms with Crippen molar-refractivity contribution in [1.82, 2.24) is 0 Å². The molecule has 0 aliphatic carbocycles. The largest absolute Gasteiger partial charge is 0.355 e. The van der Waals surface area contributed by atoms with Crippen LogP contribution < -0.4 is 5.32 Å². The predicted molar refractivity (Wildman–Crippen MR) is 82.8 cm³/mol. The monoisotopic (exact) mass is 303 g/mol. The molecule has 2 rings (SSSR count). The van der Waals surface area contributed by atoms with Crippen LogP contribution in [-0.4, -0.2) is 0 Å². The van der Waals surface area contributed by atoms with E-state index in [1.54, 1.807) is 0 Å². The Morgan fingerprint density at radius 1 is 0.778 bits per heavy atom. The van der Waals surface area contributed by atoms with Crippen molar-refractivity contribution in [2.75, 3.05) is 5.32 Å². The summed E-state index contributed by atoms with van der Waals surface area (Å²) in [6.45, 7) is 8.54. The minimum atomic E-state index is 1.13. The molecule has 0 radical (unpaired) electrons. The van der Waals surface area contributed by atoms with Gasteiger partial charge in [-0.1, -0.05) is 34.1 Å². The van der Waals surface area contributed by atoms with Gasteiger partial charge < -0.3 is 5.32 Å². The molecule has 0 bridgehead atoms. The fraction of sp³-hybridized carbons (Fsp3) is 0.250. The number of hydrogen-bond acceptors (Lipinski definition) is 1. The number of rotatable bonds is 2. The molecule has 0 saturated heterocycles. The van der Waals surface area contributed by atoms with Gasteiger partial charge in [0.05, 0.1) is 0 Å². The zero-order valence-corrected chi connectivity index (χ0v) is 12.9. The fourth-order valence-corrected chi connectivity index (χ4v) is 2.93. The zero-order chi connectivity index (χ0) is 13.3. The van der Waals surface area contributed by atoms with Crippen LogP contribution in [0.4, 0.5) is 11.4 Å². The van der Waals surface area contributed by atoms with Crippen LogP contribution in [0.5, 0.6) is 0 Å². The molecule has 0 aliphatic heterocycles. The summed E-state index contributed by atoms with van der Waals surface area (Å²) in [5.41, 5.74) is 7.48. The fourth-order valence-electron chi connectivity index (χ4n) is 2.24. The first-order chi connectivity index (χ1) is 8.49. The lowest BCUT2D eigenvalue weighted by Crippen LogP contribution is -2.00. The van der Waals surface area contributed by atoms with E-state index in [0.29, 0.717) is 0 Å². The molecular formula is C16H18BrN. The molecule has 2 heteroatoms. The maximum absolute atomic E-state index is 3.58. The number of aryl methyl sites for hydroxylation is 4. The van der Waals surface area contributed by atoms with Crippen molar-refractivity contribution in [3.8, 4) is 0 Å². The molecular weight excluding hydrogens is 286 g/mol. The highest BCUT2D eigenvalue weighted by atomic mass is 79.9. The van der Waals surface area contributed by atoms with Crippen molar-refractivity contribution in [1.29, 1.82) is 0 Å². The molecule has 2 aromatic rings. The summed E-state index contributed by atoms with van der Waals surface area (Å²) < 4.78 is 1.13. The van der Waals surface area contributed by atoms with Gasteiger partial charge in [-0.25, -0.2) is 0 Å². The zero-order valence-electron chi connectivity index (χ0n) is 11.3. The summed E-state index contributed by atoms with van der Waals surface area (Å²) in [5.74, 6) is 0. The molecule has 2 aromatic carbocycles. The van der Waals surface area contributed by atoms with E-state index >= 15 is 0 Å². The van der Waals surface area contributed by atoms with Crippen molar-refractivity contribution in [2.45, 2.75) is 27.7 Å². The summed E-state index contributed by atoms with van der Waals surface area (Å²) in [7, 11) is 0. The van der Waals surface area contributed by atoms with Crippen molar-refractivity contribution >= 4 is 27.3 Å². The molecule has 0 saturated carbocycles. The van der Waals surface area contributed by atoms with Crippen LogP contribution in [0.15, 0.2) is 34.8 Å². The van der Waals surface area contributed by atoms with Crippen LogP contribution in [-0.2, 0) is 0 Å². The first kappa shape index (κ1) is 13.2. The normalized spacial score (nSPS) is 10.5. The molecule has 0 fully saturated rings. The van der Waals surface area contributed by atoms with Gasteiger partial charge in [0.25, 0.3) is 0 Å². The summed E-state index contributed by atoms with van der Waals surface area (Å²) >= 11 is 3.53. The summed E-state index contributed by atoms with van der Waals surface area (Å²) in [4.78, 5) is 0. The van der Waals surface area contributed by atoms with Crippen LogP contribution in [0, 0.1) is 27.7 Å². The highest BCUT2D eigenvalue weighted by molar-refractivity contribution is 9.10. The number of hydrogen-bond donors (Lipinski definition) is 1. The number of para-hydroxylation sites is 1. The van der Waals surface area contributed by atoms with Crippen LogP contribution in [0.3, 0.4) is 0 Å². The Kier molecular flexibility index (Phi) is 3.76. The standard InChI is InChI=1S/C16H18BrN/c1-10-6-5-7-11(2)15(10)18-16-12(3)8-14(17)9-13(16)4/h5-9,18H,1-4H3. The average molecular weight is 304 g/mol. The molecule has 18 heavy (non-hydrogen) atoms. The van der Waals surface area contributed by atoms with Crippen molar-refractivity contribution in [3.63, 3.8) is 0 Å². The Morgan fingerprint density at radius 2 is 1.22 bits per heavy atom. The van der Waals surface area contributed by atoms with E-state index in [0.717, 1.165) is 4.47 Å². The lowest BCUT2D eigenvalue weighted by molar-refractivity contribution is 1.31. The van der Waals surface area contributed by atoms with E-state index in [4.69, 9.17) is 0 Å². The maximum atomic E-state index is 3.58. The molecule has 0 aromatic heterocycles. The second-order valence-corrected chi connectivity index (χ2v) is 5.72. The molecule has 1 N–H and O–H groups in total. The van der Waals surface area contributed by atoms with Crippen LogP contribution >= 0.6 is 15.9 Å². The van der Waals surface area contributed by atoms with Gasteiger partial charge in [-0.15, -0.1) is 0 Å². The van der Waals surface area contributed by atoms with E-state index in [-0.39, 0.29) is 0 Å². The van der Waals surface area contributed by atoms with Gasteiger partial charge in [0.1, 0.15) is 0 Å². The van der Waals surface area contributed by atoms with Crippen LogP contribution in [0.25, 0.3) is 0 Å². The molecule has 1 nitrogen and oxygen atoms in total. The molecule has 0 spiro atoms. The Bertz CT molecular complexity index is 544. The minimum absolute atomic E-state index is 1.13. The first-order valence-corrected chi connectivity index (χ1v) is 6.88. The molecule has 0 atom stereocenters. The first-order valence-electron chi connectivity index (χ1n) is 6.09. The van der Waals surface area contributed by atoms with Gasteiger partial charge in [-0.05, 0) is 62.1 Å². The number of halogens is 1. The number of nitrogens with one attached hydrogen (secondary N) is 1. The van der Waals surface area contributed by atoms with Crippen molar-refractivity contribution in [3.05, 3.63) is 57.1 Å².